The van der Waals surface area contributed by atoms with Crippen molar-refractivity contribution in [3.05, 3.63) is 72.3 Å². The molecule has 0 aliphatic carbocycles. The third-order valence-corrected chi connectivity index (χ3v) is 5.79. The Hall–Kier alpha value is -2.82. The number of hydrogen-bond donors (Lipinski definition) is 1. The van der Waals surface area contributed by atoms with E-state index in [9.17, 15) is 5.11 Å². The zero-order chi connectivity index (χ0) is 18.5. The van der Waals surface area contributed by atoms with Crippen LogP contribution in [-0.2, 0) is 0 Å². The Labute approximate surface area is 158 Å². The Morgan fingerprint density at radius 1 is 0.741 bits per heavy atom. The number of phenols is 1. The Morgan fingerprint density at radius 2 is 1.30 bits per heavy atom. The van der Waals surface area contributed by atoms with Gasteiger partial charge in [0, 0.05) is 29.4 Å². The molecule has 1 fully saturated rings. The number of aromatic nitrogens is 1. The van der Waals surface area contributed by atoms with Crippen molar-refractivity contribution in [1.29, 1.82) is 0 Å². The minimum atomic E-state index is 0.0954. The van der Waals surface area contributed by atoms with Crippen LogP contribution in [0.3, 0.4) is 0 Å². The first-order valence-electron chi connectivity index (χ1n) is 9.38. The zero-order valence-electron chi connectivity index (χ0n) is 15.6. The summed E-state index contributed by atoms with van der Waals surface area (Å²) in [5.41, 5.74) is 4.01. The number of nitrogens with zero attached hydrogens (tertiary/aromatic N) is 3. The summed E-state index contributed by atoms with van der Waals surface area (Å²) in [6.07, 6.45) is 0.0954. The molecule has 1 aliphatic rings. The molecule has 1 saturated heterocycles. The third-order valence-electron chi connectivity index (χ3n) is 5.79. The highest BCUT2D eigenvalue weighted by molar-refractivity contribution is 6.09. The normalized spacial score (nSPS) is 16.7. The smallest absolute Gasteiger partial charge is 0.145 e. The maximum absolute atomic E-state index is 11.3. The van der Waals surface area contributed by atoms with E-state index in [-0.39, 0.29) is 6.17 Å². The van der Waals surface area contributed by atoms with Gasteiger partial charge in [-0.25, -0.2) is 0 Å². The summed E-state index contributed by atoms with van der Waals surface area (Å²) >= 11 is 0. The van der Waals surface area contributed by atoms with Crippen molar-refractivity contribution in [3.8, 4) is 11.4 Å². The lowest BCUT2D eigenvalue weighted by molar-refractivity contribution is 0.186. The number of fused-ring (bicyclic) bond motifs is 3. The Bertz CT molecular complexity index is 1080. The van der Waals surface area contributed by atoms with Gasteiger partial charge in [-0.2, -0.15) is 0 Å². The summed E-state index contributed by atoms with van der Waals surface area (Å²) in [5, 5.41) is 13.7. The standard InChI is InChI=1S/C23H23N3O/c1-24-14-15-25(2)23(24)18-10-7-13-21(22(18)27)26-19-11-5-3-8-16(19)17-9-4-6-12-20(17)26/h3-13,23,27H,14-15H2,1-2H3. The van der Waals surface area contributed by atoms with Gasteiger partial charge >= 0.3 is 0 Å². The second-order valence-electron chi connectivity index (χ2n) is 7.42. The van der Waals surface area contributed by atoms with E-state index in [0.717, 1.165) is 35.4 Å². The van der Waals surface area contributed by atoms with E-state index in [4.69, 9.17) is 0 Å². The van der Waals surface area contributed by atoms with E-state index < -0.39 is 0 Å². The molecule has 0 spiro atoms. The summed E-state index contributed by atoms with van der Waals surface area (Å²) in [5.74, 6) is 0.356. The van der Waals surface area contributed by atoms with Gasteiger partial charge < -0.3 is 9.67 Å². The fraction of sp³-hybridized carbons (Fsp3) is 0.217. The second-order valence-corrected chi connectivity index (χ2v) is 7.42. The van der Waals surface area contributed by atoms with Gasteiger partial charge in [-0.15, -0.1) is 0 Å². The Morgan fingerprint density at radius 3 is 1.89 bits per heavy atom. The topological polar surface area (TPSA) is 31.6 Å². The quantitative estimate of drug-likeness (QED) is 0.578. The average Bonchev–Trinajstić information content (AvgIpc) is 3.20. The molecular weight excluding hydrogens is 334 g/mol. The molecule has 0 saturated carbocycles. The van der Waals surface area contributed by atoms with Crippen molar-refractivity contribution in [2.24, 2.45) is 0 Å². The predicted octanol–water partition coefficient (Wildman–Crippen LogP) is 4.37. The van der Waals surface area contributed by atoms with Gasteiger partial charge in [0.15, 0.2) is 0 Å². The maximum Gasteiger partial charge on any atom is 0.145 e. The van der Waals surface area contributed by atoms with Crippen LogP contribution in [0.25, 0.3) is 27.5 Å². The van der Waals surface area contributed by atoms with Gasteiger partial charge in [0.1, 0.15) is 5.75 Å². The summed E-state index contributed by atoms with van der Waals surface area (Å²) in [6.45, 7) is 2.00. The van der Waals surface area contributed by atoms with E-state index in [2.05, 4.69) is 77.0 Å². The van der Waals surface area contributed by atoms with Crippen molar-refractivity contribution in [2.75, 3.05) is 27.2 Å². The summed E-state index contributed by atoms with van der Waals surface area (Å²) in [6, 6.07) is 22.9. The van der Waals surface area contributed by atoms with Crippen molar-refractivity contribution in [2.45, 2.75) is 6.17 Å². The molecule has 0 radical (unpaired) electrons. The minimum absolute atomic E-state index is 0.0954. The van der Waals surface area contributed by atoms with Gasteiger partial charge in [-0.05, 0) is 32.3 Å². The first-order valence-corrected chi connectivity index (χ1v) is 9.38. The number of para-hydroxylation sites is 3. The highest BCUT2D eigenvalue weighted by Gasteiger charge is 2.30. The molecule has 27 heavy (non-hydrogen) atoms. The first-order chi connectivity index (χ1) is 13.2. The van der Waals surface area contributed by atoms with Crippen molar-refractivity contribution < 1.29 is 5.11 Å². The van der Waals surface area contributed by atoms with Crippen LogP contribution < -0.4 is 0 Å². The minimum Gasteiger partial charge on any atom is -0.505 e. The van der Waals surface area contributed by atoms with Crippen LogP contribution >= 0.6 is 0 Å². The molecule has 1 aromatic heterocycles. The summed E-state index contributed by atoms with van der Waals surface area (Å²) in [7, 11) is 4.22. The molecule has 136 valence electrons. The van der Waals surface area contributed by atoms with E-state index >= 15 is 0 Å². The molecular formula is C23H23N3O. The molecule has 4 heteroatoms. The molecule has 3 aromatic carbocycles. The van der Waals surface area contributed by atoms with Crippen molar-refractivity contribution >= 4 is 21.8 Å². The fourth-order valence-corrected chi connectivity index (χ4v) is 4.49. The van der Waals surface area contributed by atoms with Crippen LogP contribution in [0, 0.1) is 0 Å². The summed E-state index contributed by atoms with van der Waals surface area (Å²) in [4.78, 5) is 4.56. The van der Waals surface area contributed by atoms with Gasteiger partial charge in [-0.3, -0.25) is 9.80 Å². The van der Waals surface area contributed by atoms with E-state index in [1.165, 1.54) is 10.8 Å². The average molecular weight is 357 g/mol. The number of phenolic OH excluding ortho intramolecular Hbond substituents is 1. The Kier molecular flexibility index (Phi) is 3.71. The molecule has 2 heterocycles. The predicted molar refractivity (Wildman–Crippen MR) is 110 cm³/mol. The molecule has 0 atom stereocenters. The van der Waals surface area contributed by atoms with Crippen molar-refractivity contribution in [1.82, 2.24) is 14.4 Å². The molecule has 1 N–H and O–H groups in total. The molecule has 4 nitrogen and oxygen atoms in total. The molecule has 5 rings (SSSR count). The van der Waals surface area contributed by atoms with Crippen LogP contribution in [0.1, 0.15) is 11.7 Å². The monoisotopic (exact) mass is 357 g/mol. The SMILES string of the molecule is CN1CCN(C)C1c1cccc(-n2c3ccccc3c3ccccc32)c1O. The maximum atomic E-state index is 11.3. The largest absolute Gasteiger partial charge is 0.505 e. The molecule has 0 amide bonds. The third kappa shape index (κ3) is 2.37. The first kappa shape index (κ1) is 16.4. The number of aromatic hydroxyl groups is 1. The summed E-state index contributed by atoms with van der Waals surface area (Å²) < 4.78 is 2.18. The lowest BCUT2D eigenvalue weighted by Crippen LogP contribution is -2.25. The van der Waals surface area contributed by atoms with Gasteiger partial charge in [0.05, 0.1) is 22.9 Å². The van der Waals surface area contributed by atoms with Gasteiger partial charge in [0.2, 0.25) is 0 Å². The van der Waals surface area contributed by atoms with Gasteiger partial charge in [0.25, 0.3) is 0 Å². The highest BCUT2D eigenvalue weighted by atomic mass is 16.3. The highest BCUT2D eigenvalue weighted by Crippen LogP contribution is 2.40. The number of rotatable bonds is 2. The van der Waals surface area contributed by atoms with Crippen LogP contribution in [0.4, 0.5) is 0 Å². The molecule has 1 aliphatic heterocycles. The van der Waals surface area contributed by atoms with E-state index in [1.54, 1.807) is 0 Å². The number of benzene rings is 3. The lowest BCUT2D eigenvalue weighted by atomic mass is 10.1. The van der Waals surface area contributed by atoms with Crippen molar-refractivity contribution in [3.63, 3.8) is 0 Å². The lowest BCUT2D eigenvalue weighted by Gasteiger charge is -2.27. The zero-order valence-corrected chi connectivity index (χ0v) is 15.6. The van der Waals surface area contributed by atoms with Crippen LogP contribution in [-0.4, -0.2) is 46.7 Å². The second kappa shape index (κ2) is 6.12. The number of likely N-dealkylation sites (N-methyl/N-ethyl adjacent to an activating group) is 2. The van der Waals surface area contributed by atoms with Crippen LogP contribution in [0.15, 0.2) is 66.7 Å². The number of hydrogen-bond acceptors (Lipinski definition) is 3. The van der Waals surface area contributed by atoms with E-state index in [0.29, 0.717) is 5.75 Å². The van der Waals surface area contributed by atoms with Crippen LogP contribution in [0.2, 0.25) is 0 Å². The van der Waals surface area contributed by atoms with Gasteiger partial charge in [-0.1, -0.05) is 48.5 Å². The Balaban J connectivity index is 1.80. The molecule has 4 aromatic rings. The molecule has 0 bridgehead atoms. The fourth-order valence-electron chi connectivity index (χ4n) is 4.49. The van der Waals surface area contributed by atoms with Crippen LogP contribution in [0.5, 0.6) is 5.75 Å². The molecule has 0 unspecified atom stereocenters. The van der Waals surface area contributed by atoms with E-state index in [1.807, 2.05) is 18.2 Å².